The third-order valence-electron chi connectivity index (χ3n) is 4.14. The molecule has 6 nitrogen and oxygen atoms in total. The largest absolute Gasteiger partial charge is 0.328 e. The Morgan fingerprint density at radius 3 is 2.45 bits per heavy atom. The molecule has 1 heterocycles. The molecule has 1 aliphatic rings. The van der Waals surface area contributed by atoms with E-state index in [0.29, 0.717) is 6.54 Å². The van der Waals surface area contributed by atoms with Crippen LogP contribution in [-0.4, -0.2) is 44.5 Å². The van der Waals surface area contributed by atoms with Crippen molar-refractivity contribution < 1.29 is 8.42 Å². The molecule has 0 amide bonds. The van der Waals surface area contributed by atoms with Crippen molar-refractivity contribution in [1.29, 1.82) is 0 Å². The number of nitrogens with zero attached hydrogens (tertiary/aromatic N) is 1. The monoisotopic (exact) mass is 299 g/mol. The van der Waals surface area contributed by atoms with Crippen LogP contribution in [0.4, 0.5) is 0 Å². The van der Waals surface area contributed by atoms with Gasteiger partial charge in [0.1, 0.15) is 0 Å². The fourth-order valence-electron chi connectivity index (χ4n) is 2.69. The van der Waals surface area contributed by atoms with Crippen LogP contribution >= 0.6 is 0 Å². The second kappa shape index (κ2) is 5.67. The number of pyridine rings is 1. The van der Waals surface area contributed by atoms with E-state index < -0.39 is 10.0 Å². The maximum atomic E-state index is 12.2. The van der Waals surface area contributed by atoms with Gasteiger partial charge in [0.15, 0.2) is 0 Å². The first kappa shape index (κ1) is 15.2. The molecular weight excluding hydrogens is 278 g/mol. The number of hydrogen-bond donors (Lipinski definition) is 2. The van der Waals surface area contributed by atoms with Gasteiger partial charge >= 0.3 is 0 Å². The summed E-state index contributed by atoms with van der Waals surface area (Å²) in [6.07, 6.45) is 5.46. The highest BCUT2D eigenvalue weighted by Crippen LogP contribution is 2.33. The molecule has 0 radical (unpaired) electrons. The number of aromatic nitrogens is 1. The van der Waals surface area contributed by atoms with Crippen molar-refractivity contribution >= 4 is 10.0 Å². The number of likely N-dealkylation sites (N-methyl/N-ethyl adjacent to an activating group) is 1. The summed E-state index contributed by atoms with van der Waals surface area (Å²) in [6.45, 7) is 0.390. The fourth-order valence-corrected chi connectivity index (χ4v) is 3.78. The van der Waals surface area contributed by atoms with Crippen LogP contribution in [0.1, 0.15) is 25.7 Å². The minimum atomic E-state index is -3.58. The van der Waals surface area contributed by atoms with Crippen LogP contribution in [0.3, 0.4) is 0 Å². The molecular formula is C13H21N3O3S. The molecule has 7 heteroatoms. The Balaban J connectivity index is 2.12. The van der Waals surface area contributed by atoms with Gasteiger partial charge in [-0.2, -0.15) is 0 Å². The van der Waals surface area contributed by atoms with Crippen LogP contribution in [0.25, 0.3) is 0 Å². The highest BCUT2D eigenvalue weighted by molar-refractivity contribution is 7.89. The SMILES string of the molecule is CN(C)C1(CNS(=O)(=O)c2ccc(=O)[nH]c2)CCCC1. The van der Waals surface area contributed by atoms with Crippen molar-refractivity contribution in [3.05, 3.63) is 28.7 Å². The highest BCUT2D eigenvalue weighted by atomic mass is 32.2. The Bertz CT molecular complexity index is 595. The number of nitrogens with one attached hydrogen (secondary N) is 2. The molecule has 0 unspecified atom stereocenters. The molecule has 1 fully saturated rings. The summed E-state index contributed by atoms with van der Waals surface area (Å²) in [6, 6.07) is 2.53. The van der Waals surface area contributed by atoms with Gasteiger partial charge in [-0.3, -0.25) is 4.79 Å². The lowest BCUT2D eigenvalue weighted by Gasteiger charge is -2.36. The molecule has 20 heavy (non-hydrogen) atoms. The first-order valence-electron chi connectivity index (χ1n) is 6.72. The van der Waals surface area contributed by atoms with Crippen LogP contribution in [0.2, 0.25) is 0 Å². The third kappa shape index (κ3) is 3.11. The lowest BCUT2D eigenvalue weighted by molar-refractivity contribution is 0.162. The molecule has 1 aromatic heterocycles. The first-order chi connectivity index (χ1) is 9.36. The van der Waals surface area contributed by atoms with Crippen molar-refractivity contribution in [3.63, 3.8) is 0 Å². The van der Waals surface area contributed by atoms with Crippen LogP contribution in [0, 0.1) is 0 Å². The zero-order chi connectivity index (χ0) is 14.8. The van der Waals surface area contributed by atoms with Crippen molar-refractivity contribution in [2.45, 2.75) is 36.1 Å². The van der Waals surface area contributed by atoms with E-state index in [2.05, 4.69) is 14.6 Å². The van der Waals surface area contributed by atoms with Crippen molar-refractivity contribution in [2.24, 2.45) is 0 Å². The lowest BCUT2D eigenvalue weighted by atomic mass is 9.97. The molecule has 0 aliphatic heterocycles. The molecule has 2 N–H and O–H groups in total. The van der Waals surface area contributed by atoms with E-state index in [0.717, 1.165) is 25.7 Å². The standard InChI is InChI=1S/C13H21N3O3S/c1-16(2)13(7-3-4-8-13)10-15-20(18,19)11-5-6-12(17)14-9-11/h5-6,9,15H,3-4,7-8,10H2,1-2H3,(H,14,17). The predicted octanol–water partition coefficient (Wildman–Crippen LogP) is 0.528. The summed E-state index contributed by atoms with van der Waals surface area (Å²) in [5.74, 6) is 0. The average molecular weight is 299 g/mol. The maximum absolute atomic E-state index is 12.2. The van der Waals surface area contributed by atoms with Crippen LogP contribution in [-0.2, 0) is 10.0 Å². The van der Waals surface area contributed by atoms with E-state index in [9.17, 15) is 13.2 Å². The lowest BCUT2D eigenvalue weighted by Crippen LogP contribution is -2.50. The zero-order valence-corrected chi connectivity index (χ0v) is 12.7. The third-order valence-corrected chi connectivity index (χ3v) is 5.54. The summed E-state index contributed by atoms with van der Waals surface area (Å²) in [5.41, 5.74) is -0.417. The predicted molar refractivity (Wildman–Crippen MR) is 77.1 cm³/mol. The number of sulfonamides is 1. The summed E-state index contributed by atoms with van der Waals surface area (Å²) >= 11 is 0. The topological polar surface area (TPSA) is 82.3 Å². The molecule has 0 spiro atoms. The number of aromatic amines is 1. The van der Waals surface area contributed by atoms with E-state index in [1.54, 1.807) is 0 Å². The zero-order valence-electron chi connectivity index (χ0n) is 11.8. The summed E-state index contributed by atoms with van der Waals surface area (Å²) in [7, 11) is 0.389. The van der Waals surface area contributed by atoms with E-state index in [4.69, 9.17) is 0 Å². The second-order valence-electron chi connectivity index (χ2n) is 5.54. The molecule has 1 aliphatic carbocycles. The van der Waals surface area contributed by atoms with Gasteiger partial charge in [0.25, 0.3) is 0 Å². The van der Waals surface area contributed by atoms with E-state index in [-0.39, 0.29) is 16.0 Å². The smallest absolute Gasteiger partial charge is 0.247 e. The fraction of sp³-hybridized carbons (Fsp3) is 0.615. The number of rotatable bonds is 5. The maximum Gasteiger partial charge on any atom is 0.247 e. The van der Waals surface area contributed by atoms with E-state index in [1.807, 2.05) is 14.1 Å². The van der Waals surface area contributed by atoms with Gasteiger partial charge in [0, 0.05) is 24.3 Å². The van der Waals surface area contributed by atoms with Crippen molar-refractivity contribution in [1.82, 2.24) is 14.6 Å². The van der Waals surface area contributed by atoms with Crippen LogP contribution in [0.5, 0.6) is 0 Å². The number of hydrogen-bond acceptors (Lipinski definition) is 4. The van der Waals surface area contributed by atoms with Gasteiger partial charge in [-0.1, -0.05) is 12.8 Å². The number of H-pyrrole nitrogens is 1. The molecule has 2 rings (SSSR count). The van der Waals surface area contributed by atoms with E-state index >= 15 is 0 Å². The van der Waals surface area contributed by atoms with Gasteiger partial charge in [-0.05, 0) is 33.0 Å². The Hall–Kier alpha value is -1.18. The first-order valence-corrected chi connectivity index (χ1v) is 8.20. The normalized spacial score (nSPS) is 18.6. The van der Waals surface area contributed by atoms with E-state index in [1.165, 1.54) is 18.3 Å². The molecule has 112 valence electrons. The Morgan fingerprint density at radius 1 is 1.30 bits per heavy atom. The van der Waals surface area contributed by atoms with Gasteiger partial charge in [0.2, 0.25) is 15.6 Å². The molecule has 0 atom stereocenters. The molecule has 0 bridgehead atoms. The van der Waals surface area contributed by atoms with Gasteiger partial charge in [-0.15, -0.1) is 0 Å². The van der Waals surface area contributed by atoms with Crippen molar-refractivity contribution in [2.75, 3.05) is 20.6 Å². The molecule has 0 aromatic carbocycles. The summed E-state index contributed by atoms with van der Waals surface area (Å²) in [5, 5.41) is 0. The summed E-state index contributed by atoms with van der Waals surface area (Å²) < 4.78 is 27.1. The second-order valence-corrected chi connectivity index (χ2v) is 7.31. The Kier molecular flexibility index (Phi) is 4.31. The molecule has 0 saturated heterocycles. The minimum Gasteiger partial charge on any atom is -0.328 e. The van der Waals surface area contributed by atoms with Crippen molar-refractivity contribution in [3.8, 4) is 0 Å². The minimum absolute atomic E-state index is 0.0870. The molecule has 1 saturated carbocycles. The van der Waals surface area contributed by atoms with Gasteiger partial charge < -0.3 is 9.88 Å². The Labute approximate surface area is 119 Å². The van der Waals surface area contributed by atoms with Crippen LogP contribution in [0.15, 0.2) is 28.0 Å². The highest BCUT2D eigenvalue weighted by Gasteiger charge is 2.36. The Morgan fingerprint density at radius 2 is 1.95 bits per heavy atom. The molecule has 1 aromatic rings. The quantitative estimate of drug-likeness (QED) is 0.831. The summed E-state index contributed by atoms with van der Waals surface area (Å²) in [4.78, 5) is 15.6. The average Bonchev–Trinajstić information content (AvgIpc) is 2.87. The van der Waals surface area contributed by atoms with Crippen LogP contribution < -0.4 is 10.3 Å². The van der Waals surface area contributed by atoms with Gasteiger partial charge in [-0.25, -0.2) is 13.1 Å². The van der Waals surface area contributed by atoms with Gasteiger partial charge in [0.05, 0.1) is 4.90 Å².